The maximum Gasteiger partial charge on any atom is 0.206 e. The number of aryl methyl sites for hydroxylation is 1. The molecule has 0 unspecified atom stereocenters. The molecule has 1 saturated heterocycles. The van der Waals surface area contributed by atoms with E-state index in [1.54, 1.807) is 11.3 Å². The lowest BCUT2D eigenvalue weighted by molar-refractivity contribution is -0.0478. The van der Waals surface area contributed by atoms with Crippen molar-refractivity contribution in [3.63, 3.8) is 0 Å². The Morgan fingerprint density at radius 1 is 1.33 bits per heavy atom. The van der Waals surface area contributed by atoms with Gasteiger partial charge in [0.05, 0.1) is 25.4 Å². The summed E-state index contributed by atoms with van der Waals surface area (Å²) in [6.07, 6.45) is 1.02. The second kappa shape index (κ2) is 6.98. The smallest absolute Gasteiger partial charge is 0.206 e. The van der Waals surface area contributed by atoms with Crippen LogP contribution >= 0.6 is 11.3 Å². The summed E-state index contributed by atoms with van der Waals surface area (Å²) in [6, 6.07) is 10.4. The van der Waals surface area contributed by atoms with E-state index < -0.39 is 0 Å². The van der Waals surface area contributed by atoms with E-state index in [4.69, 9.17) is 9.47 Å². The van der Waals surface area contributed by atoms with Crippen LogP contribution in [0.2, 0.25) is 0 Å². The van der Waals surface area contributed by atoms with Crippen molar-refractivity contribution in [1.82, 2.24) is 10.2 Å². The zero-order valence-electron chi connectivity index (χ0n) is 12.0. The molecule has 1 aliphatic heterocycles. The quantitative estimate of drug-likeness (QED) is 0.920. The van der Waals surface area contributed by atoms with E-state index in [0.717, 1.165) is 23.2 Å². The highest BCUT2D eigenvalue weighted by Gasteiger charge is 2.27. The normalized spacial score (nSPS) is 22.1. The fraction of sp³-hybridized carbons (Fsp3) is 0.467. The third-order valence-corrected chi connectivity index (χ3v) is 4.20. The Morgan fingerprint density at radius 3 is 2.95 bits per heavy atom. The number of aromatic nitrogens is 2. The van der Waals surface area contributed by atoms with E-state index in [1.165, 1.54) is 5.56 Å². The van der Waals surface area contributed by atoms with Crippen molar-refractivity contribution >= 4 is 16.5 Å². The van der Waals surface area contributed by atoms with Crippen LogP contribution in [-0.2, 0) is 16.1 Å². The number of nitrogens with one attached hydrogen (secondary N) is 1. The lowest BCUT2D eigenvalue weighted by Crippen LogP contribution is -2.43. The molecule has 112 valence electrons. The van der Waals surface area contributed by atoms with E-state index in [9.17, 15) is 0 Å². The average Bonchev–Trinajstić information content (AvgIpc) is 2.93. The molecule has 0 radical (unpaired) electrons. The maximum absolute atomic E-state index is 6.07. The Labute approximate surface area is 128 Å². The Balaban J connectivity index is 1.59. The van der Waals surface area contributed by atoms with Gasteiger partial charge in [0.25, 0.3) is 0 Å². The van der Waals surface area contributed by atoms with E-state index in [-0.39, 0.29) is 12.1 Å². The van der Waals surface area contributed by atoms with Crippen molar-refractivity contribution in [3.05, 3.63) is 40.9 Å². The van der Waals surface area contributed by atoms with Crippen molar-refractivity contribution in [1.29, 1.82) is 0 Å². The summed E-state index contributed by atoms with van der Waals surface area (Å²) in [5.41, 5.74) is 1.19. The van der Waals surface area contributed by atoms with Gasteiger partial charge in [0, 0.05) is 6.61 Å². The molecule has 1 fully saturated rings. The second-order valence-corrected chi connectivity index (χ2v) is 6.26. The predicted octanol–water partition coefficient (Wildman–Crippen LogP) is 2.63. The standard InChI is InChI=1S/C15H19N3O2S/c1-11-17-18-15(21-11)16-13-10-19-8-7-14(13)20-9-12-5-3-2-4-6-12/h2-6,13-14H,7-10H2,1H3,(H,16,18)/t13-,14+/m1/s1. The highest BCUT2D eigenvalue weighted by Crippen LogP contribution is 2.21. The van der Waals surface area contributed by atoms with Gasteiger partial charge < -0.3 is 14.8 Å². The van der Waals surface area contributed by atoms with Crippen molar-refractivity contribution in [2.75, 3.05) is 18.5 Å². The van der Waals surface area contributed by atoms with Gasteiger partial charge in [-0.05, 0) is 18.9 Å². The zero-order chi connectivity index (χ0) is 14.5. The van der Waals surface area contributed by atoms with Gasteiger partial charge in [-0.15, -0.1) is 10.2 Å². The molecule has 0 saturated carbocycles. The number of benzene rings is 1. The first-order valence-corrected chi connectivity index (χ1v) is 7.93. The van der Waals surface area contributed by atoms with Gasteiger partial charge >= 0.3 is 0 Å². The van der Waals surface area contributed by atoms with Crippen molar-refractivity contribution in [2.45, 2.75) is 32.1 Å². The van der Waals surface area contributed by atoms with Crippen LogP contribution in [0.5, 0.6) is 0 Å². The van der Waals surface area contributed by atoms with Gasteiger partial charge in [-0.2, -0.15) is 0 Å². The molecule has 1 aromatic heterocycles. The molecule has 0 spiro atoms. The Hall–Kier alpha value is -1.50. The summed E-state index contributed by atoms with van der Waals surface area (Å²) in [6.45, 7) is 3.95. The number of hydrogen-bond acceptors (Lipinski definition) is 6. The van der Waals surface area contributed by atoms with Crippen LogP contribution in [0.1, 0.15) is 17.0 Å². The van der Waals surface area contributed by atoms with Crippen molar-refractivity contribution < 1.29 is 9.47 Å². The molecule has 3 rings (SSSR count). The van der Waals surface area contributed by atoms with Crippen LogP contribution in [0.15, 0.2) is 30.3 Å². The molecule has 1 aliphatic rings. The van der Waals surface area contributed by atoms with Gasteiger partial charge in [0.1, 0.15) is 5.01 Å². The molecule has 0 amide bonds. The summed E-state index contributed by atoms with van der Waals surface area (Å²) >= 11 is 1.55. The molecule has 5 nitrogen and oxygen atoms in total. The summed E-state index contributed by atoms with van der Waals surface area (Å²) < 4.78 is 11.6. The summed E-state index contributed by atoms with van der Waals surface area (Å²) in [5, 5.41) is 13.3. The third kappa shape index (κ3) is 4.00. The molecule has 0 bridgehead atoms. The van der Waals surface area contributed by atoms with Crippen LogP contribution in [-0.4, -0.2) is 35.6 Å². The molecule has 1 N–H and O–H groups in total. The fourth-order valence-electron chi connectivity index (χ4n) is 2.34. The number of hydrogen-bond donors (Lipinski definition) is 1. The Morgan fingerprint density at radius 2 is 2.19 bits per heavy atom. The largest absolute Gasteiger partial charge is 0.379 e. The summed E-state index contributed by atoms with van der Waals surface area (Å²) in [7, 11) is 0. The molecule has 6 heteroatoms. The molecular formula is C15H19N3O2S. The second-order valence-electron chi connectivity index (χ2n) is 5.08. The molecular weight excluding hydrogens is 286 g/mol. The molecule has 2 aromatic rings. The summed E-state index contributed by atoms with van der Waals surface area (Å²) in [4.78, 5) is 0. The minimum atomic E-state index is 0.120. The molecule has 21 heavy (non-hydrogen) atoms. The lowest BCUT2D eigenvalue weighted by Gasteiger charge is -2.31. The molecule has 2 atom stereocenters. The lowest BCUT2D eigenvalue weighted by atomic mass is 10.1. The summed E-state index contributed by atoms with van der Waals surface area (Å²) in [5.74, 6) is 0. The first-order valence-electron chi connectivity index (χ1n) is 7.11. The highest BCUT2D eigenvalue weighted by atomic mass is 32.1. The Bertz CT molecular complexity index is 561. The highest BCUT2D eigenvalue weighted by molar-refractivity contribution is 7.15. The Kier molecular flexibility index (Phi) is 4.80. The number of rotatable bonds is 5. The van der Waals surface area contributed by atoms with Crippen molar-refractivity contribution in [3.8, 4) is 0 Å². The minimum Gasteiger partial charge on any atom is -0.379 e. The number of anilines is 1. The zero-order valence-corrected chi connectivity index (χ0v) is 12.8. The van der Waals surface area contributed by atoms with Crippen LogP contribution in [0, 0.1) is 6.92 Å². The number of ether oxygens (including phenoxy) is 2. The van der Waals surface area contributed by atoms with E-state index in [2.05, 4.69) is 27.6 Å². The average molecular weight is 305 g/mol. The van der Waals surface area contributed by atoms with Gasteiger partial charge in [-0.25, -0.2) is 0 Å². The first-order chi connectivity index (χ1) is 10.3. The van der Waals surface area contributed by atoms with E-state index >= 15 is 0 Å². The van der Waals surface area contributed by atoms with Crippen LogP contribution in [0.4, 0.5) is 5.13 Å². The molecule has 0 aliphatic carbocycles. The van der Waals surface area contributed by atoms with Crippen LogP contribution < -0.4 is 5.32 Å². The van der Waals surface area contributed by atoms with Gasteiger partial charge in [-0.3, -0.25) is 0 Å². The molecule has 2 heterocycles. The first kappa shape index (κ1) is 14.4. The van der Waals surface area contributed by atoms with E-state index in [0.29, 0.717) is 13.2 Å². The van der Waals surface area contributed by atoms with Gasteiger partial charge in [0.2, 0.25) is 5.13 Å². The van der Waals surface area contributed by atoms with Gasteiger partial charge in [0.15, 0.2) is 0 Å². The maximum atomic E-state index is 6.07. The van der Waals surface area contributed by atoms with Crippen LogP contribution in [0.3, 0.4) is 0 Å². The minimum absolute atomic E-state index is 0.120. The van der Waals surface area contributed by atoms with Gasteiger partial charge in [-0.1, -0.05) is 41.7 Å². The third-order valence-electron chi connectivity index (χ3n) is 3.43. The van der Waals surface area contributed by atoms with E-state index in [1.807, 2.05) is 25.1 Å². The van der Waals surface area contributed by atoms with Crippen LogP contribution in [0.25, 0.3) is 0 Å². The predicted molar refractivity (Wildman–Crippen MR) is 82.5 cm³/mol. The SMILES string of the molecule is Cc1nnc(N[C@@H]2COCC[C@@H]2OCc2ccccc2)s1. The fourth-order valence-corrected chi connectivity index (χ4v) is 3.00. The van der Waals surface area contributed by atoms with Crippen molar-refractivity contribution in [2.24, 2.45) is 0 Å². The number of nitrogens with zero attached hydrogens (tertiary/aromatic N) is 2. The topological polar surface area (TPSA) is 56.3 Å². The molecule has 1 aromatic carbocycles. The monoisotopic (exact) mass is 305 g/mol.